The van der Waals surface area contributed by atoms with Crippen LogP contribution in [0.4, 0.5) is 0 Å². The van der Waals surface area contributed by atoms with E-state index in [-0.39, 0.29) is 5.56 Å². The molecule has 0 unspecified atom stereocenters. The maximum Gasteiger partial charge on any atom is 0.266 e. The van der Waals surface area contributed by atoms with Gasteiger partial charge in [-0.25, -0.2) is 4.68 Å². The van der Waals surface area contributed by atoms with Crippen molar-refractivity contribution >= 4 is 0 Å². The Bertz CT molecular complexity index is 611. The second-order valence-corrected chi connectivity index (χ2v) is 3.57. The van der Waals surface area contributed by atoms with Gasteiger partial charge in [0.05, 0.1) is 18.2 Å². The molecule has 1 heterocycles. The first-order chi connectivity index (χ1) is 8.79. The van der Waals surface area contributed by atoms with Crippen molar-refractivity contribution in [2.24, 2.45) is 0 Å². The van der Waals surface area contributed by atoms with Crippen molar-refractivity contribution in [3.63, 3.8) is 0 Å². The van der Waals surface area contributed by atoms with Gasteiger partial charge in [-0.05, 0) is 30.3 Å². The fraction of sp³-hybridized carbons (Fsp3) is 0.154. The molecule has 1 aromatic heterocycles. The predicted molar refractivity (Wildman–Crippen MR) is 65.1 cm³/mol. The van der Waals surface area contributed by atoms with Gasteiger partial charge in [-0.1, -0.05) is 0 Å². The maximum atomic E-state index is 11.4. The van der Waals surface area contributed by atoms with E-state index in [0.717, 1.165) is 0 Å². The summed E-state index contributed by atoms with van der Waals surface area (Å²) in [5, 5.41) is 12.6. The van der Waals surface area contributed by atoms with Crippen molar-refractivity contribution < 1.29 is 4.74 Å². The Morgan fingerprint density at radius 2 is 2.06 bits per heavy atom. The lowest BCUT2D eigenvalue weighted by Gasteiger charge is -2.06. The molecular weight excluding hydrogens is 230 g/mol. The standard InChI is InChI=1S/C13H11N3O2/c14-10-11-3-5-12(6-4-11)18-9-8-16-13(17)2-1-7-15-16/h1-7H,8-9H2. The van der Waals surface area contributed by atoms with E-state index in [4.69, 9.17) is 10.00 Å². The molecule has 2 rings (SSSR count). The van der Waals surface area contributed by atoms with Crippen molar-refractivity contribution in [3.05, 3.63) is 58.5 Å². The van der Waals surface area contributed by atoms with Crippen LogP contribution in [0.2, 0.25) is 0 Å². The molecule has 0 spiro atoms. The third-order valence-electron chi connectivity index (χ3n) is 2.34. The fourth-order valence-corrected chi connectivity index (χ4v) is 1.43. The van der Waals surface area contributed by atoms with Crippen LogP contribution in [-0.2, 0) is 6.54 Å². The minimum Gasteiger partial charge on any atom is -0.492 e. The number of nitrogens with zero attached hydrogens (tertiary/aromatic N) is 3. The van der Waals surface area contributed by atoms with Gasteiger partial charge in [0, 0.05) is 12.3 Å². The van der Waals surface area contributed by atoms with Crippen LogP contribution in [0.1, 0.15) is 5.56 Å². The molecule has 1 aromatic carbocycles. The van der Waals surface area contributed by atoms with Crippen molar-refractivity contribution in [2.75, 3.05) is 6.61 Å². The van der Waals surface area contributed by atoms with E-state index in [1.165, 1.54) is 10.7 Å². The first-order valence-corrected chi connectivity index (χ1v) is 5.45. The Labute approximate surface area is 104 Å². The Balaban J connectivity index is 1.91. The quantitative estimate of drug-likeness (QED) is 0.806. The van der Waals surface area contributed by atoms with Crippen molar-refractivity contribution in [2.45, 2.75) is 6.54 Å². The van der Waals surface area contributed by atoms with Crippen LogP contribution in [-0.4, -0.2) is 16.4 Å². The molecule has 0 fully saturated rings. The smallest absolute Gasteiger partial charge is 0.266 e. The van der Waals surface area contributed by atoms with E-state index in [1.54, 1.807) is 36.5 Å². The van der Waals surface area contributed by atoms with Crippen molar-refractivity contribution in [1.29, 1.82) is 5.26 Å². The molecule has 5 heteroatoms. The average Bonchev–Trinajstić information content (AvgIpc) is 2.42. The van der Waals surface area contributed by atoms with Crippen LogP contribution >= 0.6 is 0 Å². The normalized spacial score (nSPS) is 9.72. The molecule has 0 bridgehead atoms. The molecule has 18 heavy (non-hydrogen) atoms. The van der Waals surface area contributed by atoms with Crippen LogP contribution in [0.25, 0.3) is 0 Å². The van der Waals surface area contributed by atoms with Gasteiger partial charge in [0.25, 0.3) is 5.56 Å². The predicted octanol–water partition coefficient (Wildman–Crippen LogP) is 1.19. The summed E-state index contributed by atoms with van der Waals surface area (Å²) in [6.45, 7) is 0.739. The Morgan fingerprint density at radius 1 is 1.28 bits per heavy atom. The number of ether oxygens (including phenoxy) is 1. The molecule has 0 saturated heterocycles. The van der Waals surface area contributed by atoms with Crippen LogP contribution in [0, 0.1) is 11.3 Å². The summed E-state index contributed by atoms with van der Waals surface area (Å²) in [5.41, 5.74) is 0.434. The lowest BCUT2D eigenvalue weighted by atomic mass is 10.2. The third-order valence-corrected chi connectivity index (χ3v) is 2.34. The van der Waals surface area contributed by atoms with E-state index < -0.39 is 0 Å². The number of hydrogen-bond acceptors (Lipinski definition) is 4. The largest absolute Gasteiger partial charge is 0.492 e. The second kappa shape index (κ2) is 5.64. The zero-order chi connectivity index (χ0) is 12.8. The van der Waals surface area contributed by atoms with E-state index in [2.05, 4.69) is 5.10 Å². The number of rotatable bonds is 4. The lowest BCUT2D eigenvalue weighted by Crippen LogP contribution is -2.24. The molecule has 2 aromatic rings. The molecule has 5 nitrogen and oxygen atoms in total. The highest BCUT2D eigenvalue weighted by molar-refractivity contribution is 5.34. The number of nitriles is 1. The summed E-state index contributed by atoms with van der Waals surface area (Å²) in [6, 6.07) is 11.9. The summed E-state index contributed by atoms with van der Waals surface area (Å²) >= 11 is 0. The van der Waals surface area contributed by atoms with Crippen LogP contribution < -0.4 is 10.3 Å². The zero-order valence-electron chi connectivity index (χ0n) is 9.61. The average molecular weight is 241 g/mol. The van der Waals surface area contributed by atoms with Gasteiger partial charge in [-0.15, -0.1) is 0 Å². The Kier molecular flexibility index (Phi) is 3.72. The van der Waals surface area contributed by atoms with Crippen molar-refractivity contribution in [1.82, 2.24) is 9.78 Å². The number of hydrogen-bond donors (Lipinski definition) is 0. The molecule has 0 amide bonds. The van der Waals surface area contributed by atoms with Gasteiger partial charge < -0.3 is 4.74 Å². The SMILES string of the molecule is N#Cc1ccc(OCCn2ncccc2=O)cc1. The highest BCUT2D eigenvalue weighted by atomic mass is 16.5. The van der Waals surface area contributed by atoms with Crippen LogP contribution in [0.3, 0.4) is 0 Å². The molecule has 0 aliphatic carbocycles. The molecular formula is C13H11N3O2. The number of aromatic nitrogens is 2. The van der Waals surface area contributed by atoms with Gasteiger partial charge >= 0.3 is 0 Å². The Hall–Kier alpha value is -2.61. The highest BCUT2D eigenvalue weighted by Crippen LogP contribution is 2.11. The summed E-state index contributed by atoms with van der Waals surface area (Å²) in [6.07, 6.45) is 1.56. The maximum absolute atomic E-state index is 11.4. The van der Waals surface area contributed by atoms with Gasteiger partial charge in [-0.3, -0.25) is 4.79 Å². The molecule has 0 atom stereocenters. The summed E-state index contributed by atoms with van der Waals surface area (Å²) in [4.78, 5) is 11.4. The molecule has 0 N–H and O–H groups in total. The van der Waals surface area contributed by atoms with E-state index >= 15 is 0 Å². The first kappa shape index (κ1) is 11.9. The first-order valence-electron chi connectivity index (χ1n) is 5.45. The third kappa shape index (κ3) is 2.95. The summed E-state index contributed by atoms with van der Waals surface area (Å²) in [7, 11) is 0. The van der Waals surface area contributed by atoms with Gasteiger partial charge in [0.15, 0.2) is 0 Å². The fourth-order valence-electron chi connectivity index (χ4n) is 1.43. The monoisotopic (exact) mass is 241 g/mol. The van der Waals surface area contributed by atoms with E-state index in [0.29, 0.717) is 24.5 Å². The van der Waals surface area contributed by atoms with Crippen LogP contribution in [0.5, 0.6) is 5.75 Å². The molecule has 0 radical (unpaired) electrons. The summed E-state index contributed by atoms with van der Waals surface area (Å²) in [5.74, 6) is 0.665. The highest BCUT2D eigenvalue weighted by Gasteiger charge is 1.97. The molecule has 0 saturated carbocycles. The topological polar surface area (TPSA) is 67.9 Å². The Morgan fingerprint density at radius 3 is 2.72 bits per heavy atom. The second-order valence-electron chi connectivity index (χ2n) is 3.57. The summed E-state index contributed by atoms with van der Waals surface area (Å²) < 4.78 is 6.79. The lowest BCUT2D eigenvalue weighted by molar-refractivity contribution is 0.288. The van der Waals surface area contributed by atoms with E-state index in [9.17, 15) is 4.79 Å². The van der Waals surface area contributed by atoms with Crippen molar-refractivity contribution in [3.8, 4) is 11.8 Å². The van der Waals surface area contributed by atoms with Gasteiger partial charge in [0.1, 0.15) is 12.4 Å². The molecule has 0 aliphatic heterocycles. The van der Waals surface area contributed by atoms with Gasteiger partial charge in [-0.2, -0.15) is 10.4 Å². The zero-order valence-corrected chi connectivity index (χ0v) is 9.61. The minimum absolute atomic E-state index is 0.152. The number of benzene rings is 1. The van der Waals surface area contributed by atoms with E-state index in [1.807, 2.05) is 6.07 Å². The van der Waals surface area contributed by atoms with Crippen LogP contribution in [0.15, 0.2) is 47.4 Å². The minimum atomic E-state index is -0.152. The molecule has 90 valence electrons. The molecule has 0 aliphatic rings. The van der Waals surface area contributed by atoms with Gasteiger partial charge in [0.2, 0.25) is 0 Å².